The van der Waals surface area contributed by atoms with Gasteiger partial charge in [-0.1, -0.05) is 133 Å². The molecule has 54 heavy (non-hydrogen) atoms. The zero-order valence-corrected chi connectivity index (χ0v) is 29.1. The average molecular weight is 687 g/mol. The van der Waals surface area contributed by atoms with Gasteiger partial charge in [-0.2, -0.15) is 0 Å². The summed E-state index contributed by atoms with van der Waals surface area (Å²) in [7, 11) is 0. The Kier molecular flexibility index (Phi) is 6.02. The van der Waals surface area contributed by atoms with Crippen molar-refractivity contribution in [1.82, 2.24) is 19.1 Å². The van der Waals surface area contributed by atoms with Crippen molar-refractivity contribution in [3.05, 3.63) is 182 Å². The maximum absolute atomic E-state index is 5.48. The summed E-state index contributed by atoms with van der Waals surface area (Å²) in [4.78, 5) is 10.9. The predicted molar refractivity (Wildman–Crippen MR) is 226 cm³/mol. The fourth-order valence-corrected chi connectivity index (χ4v) is 9.00. The van der Waals surface area contributed by atoms with Gasteiger partial charge in [0.05, 0.1) is 33.1 Å². The van der Waals surface area contributed by atoms with Crippen molar-refractivity contribution in [1.29, 1.82) is 0 Å². The zero-order chi connectivity index (χ0) is 35.3. The summed E-state index contributed by atoms with van der Waals surface area (Å²) in [6.45, 7) is 0. The molecule has 3 heterocycles. The van der Waals surface area contributed by atoms with Crippen LogP contribution < -0.4 is 0 Å². The Bertz CT molecular complexity index is 3460. The molecule has 0 saturated carbocycles. The van der Waals surface area contributed by atoms with Crippen LogP contribution in [0.4, 0.5) is 0 Å². The van der Waals surface area contributed by atoms with Crippen LogP contribution in [0.2, 0.25) is 0 Å². The van der Waals surface area contributed by atoms with E-state index in [1.165, 1.54) is 59.4 Å². The summed E-state index contributed by atoms with van der Waals surface area (Å²) in [6, 6.07) is 65.3. The molecule has 0 radical (unpaired) electrons. The van der Waals surface area contributed by atoms with Crippen molar-refractivity contribution >= 4 is 87.0 Å². The highest BCUT2D eigenvalue weighted by Gasteiger charge is 2.23. The fourth-order valence-electron chi connectivity index (χ4n) is 9.00. The first kappa shape index (κ1) is 29.3. The molecule has 3 aromatic heterocycles. The molecule has 0 aliphatic rings. The number of fused-ring (bicyclic) bond motifs is 14. The van der Waals surface area contributed by atoms with E-state index >= 15 is 0 Å². The Morgan fingerprint density at radius 2 is 0.833 bits per heavy atom. The van der Waals surface area contributed by atoms with Gasteiger partial charge < -0.3 is 4.57 Å². The SMILES string of the molecule is c1ccc(-n2c3ccccc3c3ccc(-c4nc5ccccc5nc4-n4c5ccccc5c5c6c7ccccc7c7ccccc7c6ccc54)cc32)cc1. The second-order valence-electron chi connectivity index (χ2n) is 14.1. The van der Waals surface area contributed by atoms with Gasteiger partial charge >= 0.3 is 0 Å². The summed E-state index contributed by atoms with van der Waals surface area (Å²) in [6.07, 6.45) is 0. The van der Waals surface area contributed by atoms with Crippen LogP contribution in [-0.4, -0.2) is 19.1 Å². The maximum atomic E-state index is 5.48. The van der Waals surface area contributed by atoms with Crippen LogP contribution in [0.15, 0.2) is 182 Å². The lowest BCUT2D eigenvalue weighted by Crippen LogP contribution is -2.04. The number of aromatic nitrogens is 4. The molecule has 0 bridgehead atoms. The van der Waals surface area contributed by atoms with E-state index in [1.807, 2.05) is 12.1 Å². The lowest BCUT2D eigenvalue weighted by molar-refractivity contribution is 1.08. The first-order chi connectivity index (χ1) is 26.8. The second kappa shape index (κ2) is 11.1. The third kappa shape index (κ3) is 4.02. The highest BCUT2D eigenvalue weighted by molar-refractivity contribution is 6.35. The van der Waals surface area contributed by atoms with E-state index in [1.54, 1.807) is 0 Å². The molecule has 4 heteroatoms. The molecule has 0 unspecified atom stereocenters. The van der Waals surface area contributed by atoms with Crippen molar-refractivity contribution in [3.63, 3.8) is 0 Å². The first-order valence-electron chi connectivity index (χ1n) is 18.4. The van der Waals surface area contributed by atoms with Crippen molar-refractivity contribution in [3.8, 4) is 22.8 Å². The van der Waals surface area contributed by atoms with E-state index in [0.29, 0.717) is 0 Å². The van der Waals surface area contributed by atoms with Crippen LogP contribution in [-0.2, 0) is 0 Å². The molecule has 4 nitrogen and oxygen atoms in total. The number of hydrogen-bond donors (Lipinski definition) is 0. The van der Waals surface area contributed by atoms with E-state index in [0.717, 1.165) is 50.3 Å². The zero-order valence-electron chi connectivity index (χ0n) is 29.1. The van der Waals surface area contributed by atoms with Crippen LogP contribution in [0.5, 0.6) is 0 Å². The van der Waals surface area contributed by atoms with Gasteiger partial charge in [0.25, 0.3) is 0 Å². The quantitative estimate of drug-likeness (QED) is 0.173. The van der Waals surface area contributed by atoms with E-state index < -0.39 is 0 Å². The number of benzene rings is 9. The minimum atomic E-state index is 0.811. The number of nitrogens with zero attached hydrogens (tertiary/aromatic N) is 4. The smallest absolute Gasteiger partial charge is 0.165 e. The maximum Gasteiger partial charge on any atom is 0.165 e. The van der Waals surface area contributed by atoms with Crippen molar-refractivity contribution < 1.29 is 0 Å². The average Bonchev–Trinajstić information content (AvgIpc) is 3.76. The molecule has 0 N–H and O–H groups in total. The molecule has 0 atom stereocenters. The second-order valence-corrected chi connectivity index (χ2v) is 14.1. The van der Waals surface area contributed by atoms with Crippen LogP contribution in [0.25, 0.3) is 110 Å². The van der Waals surface area contributed by atoms with Gasteiger partial charge in [-0.15, -0.1) is 0 Å². The summed E-state index contributed by atoms with van der Waals surface area (Å²) < 4.78 is 4.71. The first-order valence-corrected chi connectivity index (χ1v) is 18.4. The standard InChI is InChI=1S/C50H30N4/c1-2-14-32(15-3-1)53-43-24-12-8-19-36(43)37-27-26-31(30-46(37)53)49-50(52-42-23-11-10-22-41(42)51-49)54-44-25-13-9-21-40(44)48-45(54)29-28-39-35-18-5-4-16-33(35)34-17-6-7-20-38(34)47(39)48/h1-30H. The van der Waals surface area contributed by atoms with E-state index in [4.69, 9.17) is 9.97 Å². The van der Waals surface area contributed by atoms with Crippen molar-refractivity contribution in [2.24, 2.45) is 0 Å². The Morgan fingerprint density at radius 1 is 0.315 bits per heavy atom. The van der Waals surface area contributed by atoms with Crippen molar-refractivity contribution in [2.75, 3.05) is 0 Å². The Balaban J connectivity index is 1.22. The highest BCUT2D eigenvalue weighted by Crippen LogP contribution is 2.44. The molecule has 0 spiro atoms. The lowest BCUT2D eigenvalue weighted by atomic mass is 9.92. The molecule has 0 aliphatic carbocycles. The topological polar surface area (TPSA) is 35.6 Å². The third-order valence-corrected chi connectivity index (χ3v) is 11.3. The molecule has 12 rings (SSSR count). The molecule has 12 aromatic rings. The van der Waals surface area contributed by atoms with Crippen LogP contribution in [0.3, 0.4) is 0 Å². The van der Waals surface area contributed by atoms with Crippen molar-refractivity contribution in [2.45, 2.75) is 0 Å². The van der Waals surface area contributed by atoms with E-state index in [9.17, 15) is 0 Å². The monoisotopic (exact) mass is 686 g/mol. The molecule has 0 amide bonds. The van der Waals surface area contributed by atoms with Gasteiger partial charge in [0.1, 0.15) is 5.69 Å². The Morgan fingerprint density at radius 3 is 1.57 bits per heavy atom. The van der Waals surface area contributed by atoms with Crippen LogP contribution in [0, 0.1) is 0 Å². The minimum Gasteiger partial charge on any atom is -0.309 e. The predicted octanol–water partition coefficient (Wildman–Crippen LogP) is 13.0. The molecule has 9 aromatic carbocycles. The van der Waals surface area contributed by atoms with Gasteiger partial charge in [-0.3, -0.25) is 4.57 Å². The normalized spacial score (nSPS) is 12.1. The van der Waals surface area contributed by atoms with Gasteiger partial charge in [-0.05, 0) is 75.5 Å². The van der Waals surface area contributed by atoms with Crippen LogP contribution in [0.1, 0.15) is 0 Å². The fraction of sp³-hybridized carbons (Fsp3) is 0. The Hall–Kier alpha value is -7.30. The number of para-hydroxylation sites is 5. The van der Waals surface area contributed by atoms with Gasteiger partial charge in [0, 0.05) is 38.2 Å². The van der Waals surface area contributed by atoms with Crippen LogP contribution >= 0.6 is 0 Å². The number of rotatable bonds is 3. The lowest BCUT2D eigenvalue weighted by Gasteiger charge is -2.15. The molecular formula is C50H30N4. The Labute approximate surface area is 309 Å². The van der Waals surface area contributed by atoms with Gasteiger partial charge in [0.15, 0.2) is 5.82 Å². The minimum absolute atomic E-state index is 0.811. The summed E-state index contributed by atoms with van der Waals surface area (Å²) in [5, 5.41) is 12.4. The summed E-state index contributed by atoms with van der Waals surface area (Å²) in [5.41, 5.74) is 9.21. The third-order valence-electron chi connectivity index (χ3n) is 11.3. The summed E-state index contributed by atoms with van der Waals surface area (Å²) in [5.74, 6) is 0.811. The molecular weight excluding hydrogens is 657 g/mol. The molecule has 0 fully saturated rings. The van der Waals surface area contributed by atoms with E-state index in [-0.39, 0.29) is 0 Å². The van der Waals surface area contributed by atoms with E-state index in [2.05, 4.69) is 179 Å². The van der Waals surface area contributed by atoms with Gasteiger partial charge in [-0.25, -0.2) is 9.97 Å². The summed E-state index contributed by atoms with van der Waals surface area (Å²) >= 11 is 0. The molecule has 250 valence electrons. The van der Waals surface area contributed by atoms with Gasteiger partial charge in [0.2, 0.25) is 0 Å². The highest BCUT2D eigenvalue weighted by atomic mass is 15.1. The largest absolute Gasteiger partial charge is 0.309 e. The number of hydrogen-bond acceptors (Lipinski definition) is 2. The molecule has 0 aliphatic heterocycles. The molecule has 0 saturated heterocycles.